The van der Waals surface area contributed by atoms with Crippen molar-refractivity contribution in [1.82, 2.24) is 0 Å². The molecule has 0 aromatic heterocycles. The Morgan fingerprint density at radius 3 is 2.60 bits per heavy atom. The lowest BCUT2D eigenvalue weighted by molar-refractivity contribution is 0.305. The lowest BCUT2D eigenvalue weighted by Crippen LogP contribution is -1.82. The zero-order valence-electron chi connectivity index (χ0n) is 11.0. The maximum Gasteiger partial charge on any atom is 0.0540 e. The maximum atomic E-state index is 8.67. The SMILES string of the molecule is OCCC#Cc1ccc(CSc2cccc(Cl)c2)cc1. The minimum absolute atomic E-state index is 0.112. The average Bonchev–Trinajstić information content (AvgIpc) is 2.47. The molecule has 102 valence electrons. The molecular weight excluding hydrogens is 288 g/mol. The second-order valence-electron chi connectivity index (χ2n) is 4.22. The van der Waals surface area contributed by atoms with Crippen molar-refractivity contribution in [3.63, 3.8) is 0 Å². The van der Waals surface area contributed by atoms with Gasteiger partial charge in [0.1, 0.15) is 0 Å². The molecule has 0 fully saturated rings. The number of hydrogen-bond donors (Lipinski definition) is 1. The highest BCUT2D eigenvalue weighted by Crippen LogP contribution is 2.25. The van der Waals surface area contributed by atoms with Gasteiger partial charge < -0.3 is 5.11 Å². The number of aliphatic hydroxyl groups excluding tert-OH is 1. The van der Waals surface area contributed by atoms with Crippen molar-refractivity contribution < 1.29 is 5.11 Å². The van der Waals surface area contributed by atoms with E-state index in [9.17, 15) is 0 Å². The Labute approximate surface area is 129 Å². The highest BCUT2D eigenvalue weighted by molar-refractivity contribution is 7.98. The van der Waals surface area contributed by atoms with Gasteiger partial charge in [-0.05, 0) is 35.9 Å². The third kappa shape index (κ3) is 4.94. The summed E-state index contributed by atoms with van der Waals surface area (Å²) in [6.45, 7) is 0.112. The van der Waals surface area contributed by atoms with Gasteiger partial charge in [0.25, 0.3) is 0 Å². The van der Waals surface area contributed by atoms with E-state index in [1.54, 1.807) is 11.8 Å². The molecule has 2 aromatic carbocycles. The number of hydrogen-bond acceptors (Lipinski definition) is 2. The number of benzene rings is 2. The quantitative estimate of drug-likeness (QED) is 0.668. The first-order valence-corrected chi connectivity index (χ1v) is 7.71. The Morgan fingerprint density at radius 1 is 1.10 bits per heavy atom. The van der Waals surface area contributed by atoms with Crippen molar-refractivity contribution >= 4 is 23.4 Å². The van der Waals surface area contributed by atoms with Crippen LogP contribution in [0.1, 0.15) is 17.5 Å². The summed E-state index contributed by atoms with van der Waals surface area (Å²) in [5.41, 5.74) is 2.23. The molecule has 0 aliphatic carbocycles. The van der Waals surface area contributed by atoms with Gasteiger partial charge in [-0.25, -0.2) is 0 Å². The lowest BCUT2D eigenvalue weighted by Gasteiger charge is -2.03. The van der Waals surface area contributed by atoms with E-state index in [2.05, 4.69) is 30.0 Å². The Kier molecular flexibility index (Phi) is 6.01. The van der Waals surface area contributed by atoms with Crippen molar-refractivity contribution in [1.29, 1.82) is 0 Å². The Morgan fingerprint density at radius 2 is 1.90 bits per heavy atom. The van der Waals surface area contributed by atoms with Crippen LogP contribution in [0.25, 0.3) is 0 Å². The van der Waals surface area contributed by atoms with Crippen LogP contribution in [0.2, 0.25) is 5.02 Å². The summed E-state index contributed by atoms with van der Waals surface area (Å²) >= 11 is 7.72. The van der Waals surface area contributed by atoms with Gasteiger partial charge in [0.05, 0.1) is 6.61 Å². The van der Waals surface area contributed by atoms with Gasteiger partial charge in [-0.15, -0.1) is 11.8 Å². The standard InChI is InChI=1S/C17H15ClOS/c18-16-5-3-6-17(12-16)20-13-15-9-7-14(8-10-15)4-1-2-11-19/h3,5-10,12,19H,2,11,13H2. The summed E-state index contributed by atoms with van der Waals surface area (Å²) in [5.74, 6) is 6.84. The predicted molar refractivity (Wildman–Crippen MR) is 86.0 cm³/mol. The minimum Gasteiger partial charge on any atom is -0.395 e. The molecule has 0 atom stereocenters. The molecule has 1 N–H and O–H groups in total. The first kappa shape index (κ1) is 15.0. The molecule has 1 nitrogen and oxygen atoms in total. The molecular formula is C17H15ClOS. The number of thioether (sulfide) groups is 1. The van der Waals surface area contributed by atoms with Crippen molar-refractivity contribution in [3.05, 3.63) is 64.7 Å². The van der Waals surface area contributed by atoms with Crippen molar-refractivity contribution in [2.24, 2.45) is 0 Å². The molecule has 0 spiro atoms. The fourth-order valence-corrected chi connectivity index (χ4v) is 2.79. The summed E-state index contributed by atoms with van der Waals surface area (Å²) in [5, 5.41) is 9.44. The van der Waals surface area contributed by atoms with Crippen molar-refractivity contribution in [2.45, 2.75) is 17.1 Å². The first-order chi connectivity index (χ1) is 9.78. The summed E-state index contributed by atoms with van der Waals surface area (Å²) in [4.78, 5) is 1.17. The van der Waals surface area contributed by atoms with Crippen LogP contribution in [0.3, 0.4) is 0 Å². The van der Waals surface area contributed by atoms with E-state index < -0.39 is 0 Å². The van der Waals surface area contributed by atoms with Crippen LogP contribution < -0.4 is 0 Å². The first-order valence-electron chi connectivity index (χ1n) is 6.35. The van der Waals surface area contributed by atoms with Crippen LogP contribution in [0.4, 0.5) is 0 Å². The van der Waals surface area contributed by atoms with Gasteiger partial charge in [-0.1, -0.05) is 41.6 Å². The molecule has 0 bridgehead atoms. The topological polar surface area (TPSA) is 20.2 Å². The van der Waals surface area contributed by atoms with E-state index >= 15 is 0 Å². The average molecular weight is 303 g/mol. The Balaban J connectivity index is 1.93. The smallest absolute Gasteiger partial charge is 0.0540 e. The molecule has 2 rings (SSSR count). The Hall–Kier alpha value is -1.40. The largest absolute Gasteiger partial charge is 0.395 e. The number of aliphatic hydroxyl groups is 1. The van der Waals surface area contributed by atoms with Crippen molar-refractivity contribution in [2.75, 3.05) is 6.61 Å². The zero-order valence-corrected chi connectivity index (χ0v) is 12.5. The summed E-state index contributed by atoms with van der Waals surface area (Å²) in [6.07, 6.45) is 0.520. The summed E-state index contributed by atoms with van der Waals surface area (Å²) in [7, 11) is 0. The van der Waals surface area contributed by atoms with Gasteiger partial charge in [0.2, 0.25) is 0 Å². The molecule has 2 aromatic rings. The van der Waals surface area contributed by atoms with Crippen LogP contribution in [-0.2, 0) is 5.75 Å². The molecule has 0 aliphatic rings. The van der Waals surface area contributed by atoms with Gasteiger partial charge in [-0.2, -0.15) is 0 Å². The van der Waals surface area contributed by atoms with E-state index in [0.29, 0.717) is 6.42 Å². The maximum absolute atomic E-state index is 8.67. The van der Waals surface area contributed by atoms with E-state index in [-0.39, 0.29) is 6.61 Å². The Bertz CT molecular complexity index is 611. The molecule has 0 amide bonds. The number of halogens is 1. The van der Waals surface area contributed by atoms with E-state index in [1.807, 2.05) is 30.3 Å². The van der Waals surface area contributed by atoms with Gasteiger partial charge in [0, 0.05) is 27.7 Å². The third-order valence-corrected chi connectivity index (χ3v) is 3.93. The fourth-order valence-electron chi connectivity index (χ4n) is 1.63. The van der Waals surface area contributed by atoms with Gasteiger partial charge in [0.15, 0.2) is 0 Å². The molecule has 0 aliphatic heterocycles. The van der Waals surface area contributed by atoms with Gasteiger partial charge >= 0.3 is 0 Å². The van der Waals surface area contributed by atoms with E-state index in [1.165, 1.54) is 10.5 Å². The van der Waals surface area contributed by atoms with Crippen LogP contribution in [0, 0.1) is 11.8 Å². The highest BCUT2D eigenvalue weighted by Gasteiger charge is 1.97. The molecule has 0 heterocycles. The second kappa shape index (κ2) is 8.01. The normalized spacial score (nSPS) is 9.90. The highest BCUT2D eigenvalue weighted by atomic mass is 35.5. The predicted octanol–water partition coefficient (Wildman–Crippen LogP) is 4.37. The molecule has 20 heavy (non-hydrogen) atoms. The molecule has 0 saturated carbocycles. The second-order valence-corrected chi connectivity index (χ2v) is 5.70. The summed E-state index contributed by atoms with van der Waals surface area (Å²) in [6, 6.07) is 16.1. The molecule has 0 radical (unpaired) electrons. The number of rotatable bonds is 4. The van der Waals surface area contributed by atoms with Gasteiger partial charge in [-0.3, -0.25) is 0 Å². The van der Waals surface area contributed by atoms with Crippen LogP contribution in [-0.4, -0.2) is 11.7 Å². The zero-order chi connectivity index (χ0) is 14.2. The fraction of sp³-hybridized carbons (Fsp3) is 0.176. The van der Waals surface area contributed by atoms with Crippen LogP contribution in [0.15, 0.2) is 53.4 Å². The van der Waals surface area contributed by atoms with Crippen molar-refractivity contribution in [3.8, 4) is 11.8 Å². The van der Waals surface area contributed by atoms with Crippen LogP contribution in [0.5, 0.6) is 0 Å². The lowest BCUT2D eigenvalue weighted by atomic mass is 10.1. The molecule has 0 unspecified atom stereocenters. The minimum atomic E-state index is 0.112. The molecule has 3 heteroatoms. The third-order valence-electron chi connectivity index (χ3n) is 2.63. The van der Waals surface area contributed by atoms with Crippen LogP contribution >= 0.6 is 23.4 Å². The monoisotopic (exact) mass is 302 g/mol. The van der Waals surface area contributed by atoms with E-state index in [4.69, 9.17) is 16.7 Å². The summed E-state index contributed by atoms with van der Waals surface area (Å²) < 4.78 is 0. The molecule has 0 saturated heterocycles. The van der Waals surface area contributed by atoms with E-state index in [0.717, 1.165) is 16.3 Å².